The number of nitrogens with zero attached hydrogens (tertiary/aromatic N) is 1. The van der Waals surface area contributed by atoms with Crippen LogP contribution in [0.25, 0.3) is 0 Å². The number of fused-ring (bicyclic) bond motifs is 2. The van der Waals surface area contributed by atoms with E-state index in [0.717, 1.165) is 18.4 Å². The molecule has 0 aromatic heterocycles. The number of carbonyl (C=O) groups excluding carboxylic acids is 1. The number of rotatable bonds is 4. The first-order valence-corrected chi connectivity index (χ1v) is 12.5. The lowest BCUT2D eigenvalue weighted by atomic mass is 9.63. The van der Waals surface area contributed by atoms with Crippen LogP contribution in [0.1, 0.15) is 104 Å². The SMILES string of the molecule is CCC(C)(C)C1CCC(N2CCC3(CC[C@H](NC(C)=O)c4ccccc43)CC2)CC1.[HH]. The van der Waals surface area contributed by atoms with E-state index in [2.05, 4.69) is 55.3 Å². The molecule has 1 saturated carbocycles. The van der Waals surface area contributed by atoms with Gasteiger partial charge in [0.15, 0.2) is 0 Å². The highest BCUT2D eigenvalue weighted by Gasteiger charge is 2.43. The van der Waals surface area contributed by atoms with Crippen molar-refractivity contribution in [3.8, 4) is 0 Å². The molecule has 2 aliphatic carbocycles. The van der Waals surface area contributed by atoms with Crippen LogP contribution in [0.5, 0.6) is 0 Å². The molecular formula is C27H44N2O. The van der Waals surface area contributed by atoms with Crippen LogP contribution in [0.2, 0.25) is 0 Å². The molecule has 1 aromatic carbocycles. The molecular weight excluding hydrogens is 368 g/mol. The van der Waals surface area contributed by atoms with Gasteiger partial charge in [-0.1, -0.05) is 51.5 Å². The Morgan fingerprint density at radius 2 is 1.77 bits per heavy atom. The zero-order chi connectivity index (χ0) is 21.4. The van der Waals surface area contributed by atoms with Gasteiger partial charge in [-0.05, 0) is 92.3 Å². The van der Waals surface area contributed by atoms with E-state index in [1.54, 1.807) is 6.92 Å². The highest BCUT2D eigenvalue weighted by molar-refractivity contribution is 5.73. The van der Waals surface area contributed by atoms with Gasteiger partial charge in [0.05, 0.1) is 6.04 Å². The average Bonchev–Trinajstić information content (AvgIpc) is 2.76. The summed E-state index contributed by atoms with van der Waals surface area (Å²) in [4.78, 5) is 14.5. The summed E-state index contributed by atoms with van der Waals surface area (Å²) in [5.41, 5.74) is 3.72. The molecule has 3 heteroatoms. The minimum atomic E-state index is 0. The fourth-order valence-corrected chi connectivity index (χ4v) is 6.74. The van der Waals surface area contributed by atoms with E-state index < -0.39 is 0 Å². The summed E-state index contributed by atoms with van der Waals surface area (Å²) in [5.74, 6) is 0.994. The number of hydrogen-bond donors (Lipinski definition) is 1. The molecule has 1 aromatic rings. The molecule has 1 heterocycles. The number of benzene rings is 1. The standard InChI is InChI=1S/C27H42N2O.H2/c1-5-26(3,4)21-10-12-22(13-11-21)29-18-16-27(17-19-29)15-14-25(28-20(2)30)23-8-6-7-9-24(23)27;/h6-9,21-22,25H,5,10-19H2,1-4H3,(H,28,30);1H/t21?,22?,25-;/m0./s1. The highest BCUT2D eigenvalue weighted by atomic mass is 16.1. The molecule has 1 aliphatic heterocycles. The second-order valence-corrected chi connectivity index (χ2v) is 11.0. The second kappa shape index (κ2) is 8.65. The summed E-state index contributed by atoms with van der Waals surface area (Å²) in [6, 6.07) is 9.92. The molecule has 1 spiro atoms. The van der Waals surface area contributed by atoms with Crippen LogP contribution in [0.3, 0.4) is 0 Å². The van der Waals surface area contributed by atoms with E-state index in [-0.39, 0.29) is 13.4 Å². The largest absolute Gasteiger partial charge is 0.350 e. The number of amides is 1. The minimum Gasteiger partial charge on any atom is -0.350 e. The molecule has 0 radical (unpaired) electrons. The lowest BCUT2D eigenvalue weighted by Crippen LogP contribution is -2.50. The molecule has 1 saturated heterocycles. The molecule has 168 valence electrons. The molecule has 1 atom stereocenters. The lowest BCUT2D eigenvalue weighted by molar-refractivity contribution is -0.119. The smallest absolute Gasteiger partial charge is 0.217 e. The number of nitrogens with one attached hydrogen (secondary N) is 1. The van der Waals surface area contributed by atoms with Crippen LogP contribution in [0.15, 0.2) is 24.3 Å². The Balaban J connectivity index is 0.00000272. The van der Waals surface area contributed by atoms with E-state index >= 15 is 0 Å². The van der Waals surface area contributed by atoms with Gasteiger partial charge in [-0.15, -0.1) is 0 Å². The molecule has 1 N–H and O–H groups in total. The van der Waals surface area contributed by atoms with Crippen molar-refractivity contribution in [2.75, 3.05) is 13.1 Å². The Kier molecular flexibility index (Phi) is 6.30. The summed E-state index contributed by atoms with van der Waals surface area (Å²) >= 11 is 0. The molecule has 3 aliphatic rings. The predicted octanol–water partition coefficient (Wildman–Crippen LogP) is 6.23. The topological polar surface area (TPSA) is 32.3 Å². The van der Waals surface area contributed by atoms with E-state index in [1.807, 2.05) is 0 Å². The van der Waals surface area contributed by atoms with Crippen molar-refractivity contribution in [2.45, 2.75) is 103 Å². The Morgan fingerprint density at radius 1 is 1.10 bits per heavy atom. The van der Waals surface area contributed by atoms with Gasteiger partial charge in [0.1, 0.15) is 0 Å². The number of carbonyl (C=O) groups is 1. The van der Waals surface area contributed by atoms with E-state index in [9.17, 15) is 4.79 Å². The first kappa shape index (κ1) is 21.9. The highest BCUT2D eigenvalue weighted by Crippen LogP contribution is 2.49. The van der Waals surface area contributed by atoms with Crippen molar-refractivity contribution in [1.29, 1.82) is 0 Å². The van der Waals surface area contributed by atoms with Crippen LogP contribution in [-0.4, -0.2) is 29.9 Å². The van der Waals surface area contributed by atoms with Crippen LogP contribution in [-0.2, 0) is 10.2 Å². The van der Waals surface area contributed by atoms with Gasteiger partial charge < -0.3 is 10.2 Å². The summed E-state index contributed by atoms with van der Waals surface area (Å²) in [6.45, 7) is 11.4. The van der Waals surface area contributed by atoms with Gasteiger partial charge in [0, 0.05) is 14.4 Å². The predicted molar refractivity (Wildman–Crippen MR) is 127 cm³/mol. The van der Waals surface area contributed by atoms with E-state index in [0.29, 0.717) is 10.8 Å². The second-order valence-electron chi connectivity index (χ2n) is 11.0. The zero-order valence-electron chi connectivity index (χ0n) is 19.7. The zero-order valence-corrected chi connectivity index (χ0v) is 19.7. The number of piperidine rings is 1. The average molecular weight is 413 g/mol. The molecule has 4 rings (SSSR count). The number of likely N-dealkylation sites (tertiary alicyclic amines) is 1. The quantitative estimate of drug-likeness (QED) is 0.635. The first-order valence-electron chi connectivity index (χ1n) is 12.5. The molecule has 3 nitrogen and oxygen atoms in total. The Morgan fingerprint density at radius 3 is 2.40 bits per heavy atom. The monoisotopic (exact) mass is 412 g/mol. The fourth-order valence-electron chi connectivity index (χ4n) is 6.74. The van der Waals surface area contributed by atoms with Crippen molar-refractivity contribution in [3.63, 3.8) is 0 Å². The van der Waals surface area contributed by atoms with Gasteiger partial charge in [-0.3, -0.25) is 4.79 Å². The maximum atomic E-state index is 11.7. The van der Waals surface area contributed by atoms with Gasteiger partial charge in [0.2, 0.25) is 5.91 Å². The van der Waals surface area contributed by atoms with Crippen LogP contribution in [0.4, 0.5) is 0 Å². The minimum absolute atomic E-state index is 0. The van der Waals surface area contributed by atoms with Gasteiger partial charge in [-0.25, -0.2) is 0 Å². The van der Waals surface area contributed by atoms with Crippen LogP contribution in [0, 0.1) is 11.3 Å². The third-order valence-corrected chi connectivity index (χ3v) is 9.18. The maximum Gasteiger partial charge on any atom is 0.217 e. The Bertz CT molecular complexity index is 745. The van der Waals surface area contributed by atoms with E-state index in [4.69, 9.17) is 0 Å². The molecule has 30 heavy (non-hydrogen) atoms. The summed E-state index contributed by atoms with van der Waals surface area (Å²) in [5, 5.41) is 3.19. The van der Waals surface area contributed by atoms with Crippen molar-refractivity contribution < 1.29 is 6.22 Å². The number of hydrogen-bond acceptors (Lipinski definition) is 2. The van der Waals surface area contributed by atoms with E-state index in [1.165, 1.54) is 75.6 Å². The van der Waals surface area contributed by atoms with Crippen molar-refractivity contribution in [2.24, 2.45) is 11.3 Å². The van der Waals surface area contributed by atoms with Crippen LogP contribution >= 0.6 is 0 Å². The molecule has 1 amide bonds. The molecule has 0 bridgehead atoms. The third kappa shape index (κ3) is 4.20. The summed E-state index contributed by atoms with van der Waals surface area (Å²) in [6.07, 6.45) is 11.7. The van der Waals surface area contributed by atoms with Crippen LogP contribution < -0.4 is 5.32 Å². The Labute approximate surface area is 185 Å². The Hall–Kier alpha value is -1.35. The van der Waals surface area contributed by atoms with Gasteiger partial charge in [0.25, 0.3) is 0 Å². The van der Waals surface area contributed by atoms with Crippen molar-refractivity contribution >= 4 is 5.91 Å². The maximum absolute atomic E-state index is 11.7. The third-order valence-electron chi connectivity index (χ3n) is 9.18. The lowest BCUT2D eigenvalue weighted by Gasteiger charge is -2.50. The van der Waals surface area contributed by atoms with Crippen molar-refractivity contribution in [3.05, 3.63) is 35.4 Å². The first-order chi connectivity index (χ1) is 14.3. The van der Waals surface area contributed by atoms with Gasteiger partial charge >= 0.3 is 0 Å². The fraction of sp³-hybridized carbons (Fsp3) is 0.741. The molecule has 2 fully saturated rings. The summed E-state index contributed by atoms with van der Waals surface area (Å²) in [7, 11) is 0. The molecule has 0 unspecified atom stereocenters. The summed E-state index contributed by atoms with van der Waals surface area (Å²) < 4.78 is 0. The van der Waals surface area contributed by atoms with Gasteiger partial charge in [-0.2, -0.15) is 0 Å². The normalized spacial score (nSPS) is 29.4. The van der Waals surface area contributed by atoms with Crippen molar-refractivity contribution in [1.82, 2.24) is 10.2 Å².